The van der Waals surface area contributed by atoms with Gasteiger partial charge in [-0.05, 0) is 96.8 Å². The second-order valence-electron chi connectivity index (χ2n) is 11.1. The minimum absolute atomic E-state index is 0.0139. The molecule has 0 amide bonds. The first-order valence-electron chi connectivity index (χ1n) is 13.9. The number of carbonyl (C=O) groups is 1. The molecular formula is C30H31F3N2O5S. The summed E-state index contributed by atoms with van der Waals surface area (Å²) in [5.41, 5.74) is 0.633. The van der Waals surface area contributed by atoms with E-state index in [1.807, 2.05) is 23.1 Å². The number of piperazine rings is 1. The van der Waals surface area contributed by atoms with E-state index in [9.17, 15) is 31.5 Å². The van der Waals surface area contributed by atoms with Crippen LogP contribution in [-0.2, 0) is 27.4 Å². The van der Waals surface area contributed by atoms with Gasteiger partial charge in [-0.3, -0.25) is 9.69 Å². The number of sulfonamides is 1. The molecule has 1 saturated heterocycles. The Morgan fingerprint density at radius 2 is 1.66 bits per heavy atom. The van der Waals surface area contributed by atoms with Crippen LogP contribution in [0.1, 0.15) is 54.8 Å². The maximum absolute atomic E-state index is 13.7. The predicted octanol–water partition coefficient (Wildman–Crippen LogP) is 5.63. The quantitative estimate of drug-likeness (QED) is 0.402. The number of ether oxygens (including phenoxy) is 1. The molecule has 2 aliphatic carbocycles. The number of nitrogens with zero attached hydrogens (tertiary/aromatic N) is 2. The second-order valence-corrected chi connectivity index (χ2v) is 13.0. The van der Waals surface area contributed by atoms with Crippen LogP contribution in [0.15, 0.2) is 59.5 Å². The molecule has 11 heteroatoms. The zero-order valence-corrected chi connectivity index (χ0v) is 23.1. The first kappa shape index (κ1) is 28.0. The molecule has 3 aliphatic rings. The van der Waals surface area contributed by atoms with Crippen molar-refractivity contribution < 1.29 is 36.2 Å². The number of hydrogen-bond acceptors (Lipinski definition) is 5. The topological polar surface area (TPSA) is 87.2 Å². The molecule has 1 unspecified atom stereocenters. The number of aryl methyl sites for hydroxylation is 1. The first-order valence-corrected chi connectivity index (χ1v) is 15.3. The molecule has 41 heavy (non-hydrogen) atoms. The molecule has 2 fully saturated rings. The van der Waals surface area contributed by atoms with Gasteiger partial charge in [0.05, 0.1) is 16.6 Å². The number of fused-ring (bicyclic) bond motifs is 2. The van der Waals surface area contributed by atoms with Crippen molar-refractivity contribution in [3.05, 3.63) is 71.3 Å². The van der Waals surface area contributed by atoms with Crippen LogP contribution in [0.25, 0.3) is 10.8 Å². The Bertz CT molecular complexity index is 1590. The number of hydrogen-bond donors (Lipinski definition) is 1. The second kappa shape index (κ2) is 10.6. The summed E-state index contributed by atoms with van der Waals surface area (Å²) in [5, 5.41) is 11.6. The summed E-state index contributed by atoms with van der Waals surface area (Å²) in [4.78, 5) is 14.2. The first-order chi connectivity index (χ1) is 19.5. The van der Waals surface area contributed by atoms with E-state index in [1.54, 1.807) is 12.1 Å². The maximum atomic E-state index is 13.7. The van der Waals surface area contributed by atoms with Crippen LogP contribution in [0.5, 0.6) is 5.75 Å². The summed E-state index contributed by atoms with van der Waals surface area (Å²) in [6, 6.07) is 12.4. The molecule has 1 N–H and O–H groups in total. The van der Waals surface area contributed by atoms with Gasteiger partial charge in [0.25, 0.3) is 0 Å². The maximum Gasteiger partial charge on any atom is 0.416 e. The highest BCUT2D eigenvalue weighted by atomic mass is 32.2. The van der Waals surface area contributed by atoms with E-state index in [-0.39, 0.29) is 36.7 Å². The lowest BCUT2D eigenvalue weighted by atomic mass is 10.0. The number of benzene rings is 3. The number of alkyl halides is 3. The van der Waals surface area contributed by atoms with Crippen molar-refractivity contribution in [3.8, 4) is 5.75 Å². The minimum Gasteiger partial charge on any atom is -0.490 e. The molecule has 6 rings (SSSR count). The SMILES string of the molecule is O=C(O)[C@@H]1CN(C2CCc3cc(C(F)(F)F)ccc32)CCN1S(=O)(=O)c1ccc2cc(OC3CCCC3)ccc2c1. The molecule has 7 nitrogen and oxygen atoms in total. The number of carboxylic acids is 1. The summed E-state index contributed by atoms with van der Waals surface area (Å²) in [5.74, 6) is -0.524. The Morgan fingerprint density at radius 3 is 2.39 bits per heavy atom. The van der Waals surface area contributed by atoms with Gasteiger partial charge in [-0.2, -0.15) is 17.5 Å². The van der Waals surface area contributed by atoms with Gasteiger partial charge < -0.3 is 9.84 Å². The fraction of sp³-hybridized carbons (Fsp3) is 0.433. The Morgan fingerprint density at radius 1 is 0.927 bits per heavy atom. The molecule has 1 aliphatic heterocycles. The molecule has 0 spiro atoms. The van der Waals surface area contributed by atoms with Crippen molar-refractivity contribution in [3.63, 3.8) is 0 Å². The zero-order valence-electron chi connectivity index (χ0n) is 22.3. The van der Waals surface area contributed by atoms with Crippen LogP contribution in [0.2, 0.25) is 0 Å². The smallest absolute Gasteiger partial charge is 0.416 e. The van der Waals surface area contributed by atoms with Crippen LogP contribution in [-0.4, -0.2) is 60.5 Å². The standard InChI is InChI=1S/C30H31F3N2O5S/c31-30(32,33)22-8-11-26-21(15-22)7-12-27(26)34-13-14-35(28(18-34)29(36)37)41(38,39)25-10-6-19-16-24(9-5-20(19)17-25)40-23-3-1-2-4-23/h5-6,8-11,15-17,23,27-28H,1-4,7,12-14,18H2,(H,36,37)/t27?,28-/m0/s1. The molecule has 218 valence electrons. The molecule has 1 saturated carbocycles. The van der Waals surface area contributed by atoms with Gasteiger partial charge in [-0.1, -0.05) is 18.2 Å². The molecule has 1 heterocycles. The zero-order chi connectivity index (χ0) is 28.9. The Hall–Kier alpha value is -3.15. The monoisotopic (exact) mass is 588 g/mol. The van der Waals surface area contributed by atoms with Crippen LogP contribution in [0.3, 0.4) is 0 Å². The Labute approximate surface area is 236 Å². The van der Waals surface area contributed by atoms with Gasteiger partial charge in [-0.25, -0.2) is 8.42 Å². The molecule has 0 aromatic heterocycles. The molecular weight excluding hydrogens is 557 g/mol. The number of halogens is 3. The van der Waals surface area contributed by atoms with Gasteiger partial charge in [0.1, 0.15) is 11.8 Å². The summed E-state index contributed by atoms with van der Waals surface area (Å²) < 4.78 is 74.1. The van der Waals surface area contributed by atoms with Crippen LogP contribution in [0.4, 0.5) is 13.2 Å². The van der Waals surface area contributed by atoms with Crippen LogP contribution >= 0.6 is 0 Å². The van der Waals surface area contributed by atoms with Gasteiger partial charge >= 0.3 is 12.1 Å². The summed E-state index contributed by atoms with van der Waals surface area (Å²) in [6.07, 6.45) is 1.13. The normalized spacial score (nSPS) is 22.7. The third-order valence-corrected chi connectivity index (χ3v) is 10.5. The van der Waals surface area contributed by atoms with E-state index >= 15 is 0 Å². The van der Waals surface area contributed by atoms with Crippen molar-refractivity contribution in [2.24, 2.45) is 0 Å². The van der Waals surface area contributed by atoms with Crippen LogP contribution in [0, 0.1) is 0 Å². The molecule has 0 bridgehead atoms. The number of carboxylic acid groups (broad SMARTS) is 1. The lowest BCUT2D eigenvalue weighted by Crippen LogP contribution is -2.58. The van der Waals surface area contributed by atoms with Crippen molar-refractivity contribution in [1.82, 2.24) is 9.21 Å². The highest BCUT2D eigenvalue weighted by Gasteiger charge is 2.43. The van der Waals surface area contributed by atoms with Crippen molar-refractivity contribution in [1.29, 1.82) is 0 Å². The molecule has 0 radical (unpaired) electrons. The van der Waals surface area contributed by atoms with Crippen molar-refractivity contribution in [2.75, 3.05) is 19.6 Å². The average Bonchev–Trinajstić information content (AvgIpc) is 3.61. The number of aliphatic carboxylic acids is 1. The van der Waals surface area contributed by atoms with E-state index in [0.29, 0.717) is 23.8 Å². The minimum atomic E-state index is -4.43. The fourth-order valence-electron chi connectivity index (χ4n) is 6.48. The van der Waals surface area contributed by atoms with E-state index in [4.69, 9.17) is 4.74 Å². The van der Waals surface area contributed by atoms with E-state index in [1.165, 1.54) is 12.1 Å². The van der Waals surface area contributed by atoms with Gasteiger partial charge in [0.2, 0.25) is 10.0 Å². The van der Waals surface area contributed by atoms with Gasteiger partial charge in [0.15, 0.2) is 0 Å². The Balaban J connectivity index is 1.21. The van der Waals surface area contributed by atoms with E-state index in [0.717, 1.165) is 58.8 Å². The third-order valence-electron chi connectivity index (χ3n) is 8.60. The third kappa shape index (κ3) is 5.42. The van der Waals surface area contributed by atoms with E-state index < -0.39 is 33.8 Å². The van der Waals surface area contributed by atoms with Gasteiger partial charge in [0, 0.05) is 25.7 Å². The number of rotatable bonds is 6. The highest BCUT2D eigenvalue weighted by molar-refractivity contribution is 7.89. The molecule has 3 aromatic carbocycles. The van der Waals surface area contributed by atoms with E-state index in [2.05, 4.69) is 0 Å². The summed E-state index contributed by atoms with van der Waals surface area (Å²) in [6.45, 7) is 0.163. The lowest BCUT2D eigenvalue weighted by molar-refractivity contribution is -0.143. The highest BCUT2D eigenvalue weighted by Crippen LogP contribution is 2.40. The predicted molar refractivity (Wildman–Crippen MR) is 146 cm³/mol. The Kier molecular flexibility index (Phi) is 7.24. The van der Waals surface area contributed by atoms with Crippen molar-refractivity contribution >= 4 is 26.8 Å². The summed E-state index contributed by atoms with van der Waals surface area (Å²) in [7, 11) is -4.14. The fourth-order valence-corrected chi connectivity index (χ4v) is 8.08. The summed E-state index contributed by atoms with van der Waals surface area (Å²) >= 11 is 0. The van der Waals surface area contributed by atoms with Crippen LogP contribution < -0.4 is 4.74 Å². The van der Waals surface area contributed by atoms with Crippen molar-refractivity contribution in [2.45, 2.75) is 67.8 Å². The lowest BCUT2D eigenvalue weighted by Gasteiger charge is -2.41. The molecule has 2 atom stereocenters. The molecule has 3 aromatic rings. The average molecular weight is 589 g/mol. The van der Waals surface area contributed by atoms with Gasteiger partial charge in [-0.15, -0.1) is 0 Å². The largest absolute Gasteiger partial charge is 0.490 e.